The summed E-state index contributed by atoms with van der Waals surface area (Å²) in [4.78, 5) is 14.5. The first kappa shape index (κ1) is 16.3. The van der Waals surface area contributed by atoms with Gasteiger partial charge in [-0.1, -0.05) is 24.3 Å². The highest BCUT2D eigenvalue weighted by Gasteiger charge is 2.27. The lowest BCUT2D eigenvalue weighted by Gasteiger charge is -2.34. The first-order valence-electron chi connectivity index (χ1n) is 8.97. The van der Waals surface area contributed by atoms with Gasteiger partial charge in [0.25, 0.3) is 0 Å². The minimum atomic E-state index is 0.0640. The van der Waals surface area contributed by atoms with Gasteiger partial charge in [-0.25, -0.2) is 0 Å². The van der Waals surface area contributed by atoms with Gasteiger partial charge in [0, 0.05) is 38.6 Å². The topological polar surface area (TPSA) is 59.4 Å². The second kappa shape index (κ2) is 7.37. The summed E-state index contributed by atoms with van der Waals surface area (Å²) >= 11 is 0. The summed E-state index contributed by atoms with van der Waals surface area (Å²) in [6.07, 6.45) is 6.11. The van der Waals surface area contributed by atoms with E-state index in [1.54, 1.807) is 6.20 Å². The lowest BCUT2D eigenvalue weighted by molar-refractivity contribution is -0.123. The second-order valence-electron chi connectivity index (χ2n) is 6.81. The van der Waals surface area contributed by atoms with E-state index in [2.05, 4.69) is 39.6 Å². The quantitative estimate of drug-likeness (QED) is 0.898. The minimum absolute atomic E-state index is 0.0640. The van der Waals surface area contributed by atoms with Gasteiger partial charge in [0.05, 0.1) is 18.7 Å². The molecular formula is C19H24N4O2. The van der Waals surface area contributed by atoms with E-state index >= 15 is 0 Å². The van der Waals surface area contributed by atoms with Crippen LogP contribution in [0, 0.1) is 0 Å². The molecule has 1 N–H and O–H groups in total. The van der Waals surface area contributed by atoms with Crippen molar-refractivity contribution in [2.24, 2.45) is 0 Å². The fraction of sp³-hybridized carbons (Fsp3) is 0.474. The highest BCUT2D eigenvalue weighted by atomic mass is 16.5. The normalized spacial score (nSPS) is 23.4. The first-order chi connectivity index (χ1) is 12.3. The van der Waals surface area contributed by atoms with Crippen molar-refractivity contribution in [2.45, 2.75) is 31.5 Å². The first-order valence-corrected chi connectivity index (χ1v) is 8.97. The van der Waals surface area contributed by atoms with Gasteiger partial charge in [0.15, 0.2) is 0 Å². The fourth-order valence-corrected chi connectivity index (χ4v) is 3.76. The van der Waals surface area contributed by atoms with Crippen molar-refractivity contribution in [3.05, 3.63) is 53.9 Å². The Hall–Kier alpha value is -2.18. The SMILES string of the molecule is O=C(CN1Cc2ccccc2[C@@H](n2cccn2)C1)NC[C@@H]1CCCO1. The Morgan fingerprint density at radius 2 is 2.24 bits per heavy atom. The van der Waals surface area contributed by atoms with Crippen molar-refractivity contribution >= 4 is 5.91 Å². The Morgan fingerprint density at radius 1 is 1.32 bits per heavy atom. The summed E-state index contributed by atoms with van der Waals surface area (Å²) in [5.74, 6) is 0.0640. The zero-order chi connectivity index (χ0) is 17.1. The molecule has 2 atom stereocenters. The van der Waals surface area contributed by atoms with E-state index in [4.69, 9.17) is 4.74 Å². The van der Waals surface area contributed by atoms with Crippen LogP contribution in [0.25, 0.3) is 0 Å². The Bertz CT molecular complexity index is 710. The molecule has 25 heavy (non-hydrogen) atoms. The number of carbonyl (C=O) groups is 1. The van der Waals surface area contributed by atoms with Crippen molar-refractivity contribution in [2.75, 3.05) is 26.2 Å². The van der Waals surface area contributed by atoms with Gasteiger partial charge in [-0.3, -0.25) is 14.4 Å². The van der Waals surface area contributed by atoms with Crippen LogP contribution in [0.5, 0.6) is 0 Å². The van der Waals surface area contributed by atoms with Crippen LogP contribution >= 0.6 is 0 Å². The molecule has 2 aliphatic rings. The molecule has 4 rings (SSSR count). The van der Waals surface area contributed by atoms with E-state index in [0.29, 0.717) is 13.1 Å². The Labute approximate surface area is 147 Å². The number of nitrogens with one attached hydrogen (secondary N) is 1. The molecule has 6 heteroatoms. The summed E-state index contributed by atoms with van der Waals surface area (Å²) in [5.41, 5.74) is 2.56. The number of hydrogen-bond acceptors (Lipinski definition) is 4. The molecule has 0 bridgehead atoms. The lowest BCUT2D eigenvalue weighted by atomic mass is 9.95. The van der Waals surface area contributed by atoms with Crippen molar-refractivity contribution in [3.63, 3.8) is 0 Å². The summed E-state index contributed by atoms with van der Waals surface area (Å²) < 4.78 is 7.55. The van der Waals surface area contributed by atoms with Crippen molar-refractivity contribution in [1.82, 2.24) is 20.0 Å². The molecule has 0 aliphatic carbocycles. The summed E-state index contributed by atoms with van der Waals surface area (Å²) in [7, 11) is 0. The van der Waals surface area contributed by atoms with Crippen molar-refractivity contribution in [1.29, 1.82) is 0 Å². The maximum absolute atomic E-state index is 12.3. The number of hydrogen-bond donors (Lipinski definition) is 1. The number of amides is 1. The van der Waals surface area contributed by atoms with Crippen LogP contribution in [-0.2, 0) is 16.1 Å². The Morgan fingerprint density at radius 3 is 3.04 bits per heavy atom. The van der Waals surface area contributed by atoms with Gasteiger partial charge < -0.3 is 10.1 Å². The second-order valence-corrected chi connectivity index (χ2v) is 6.81. The fourth-order valence-electron chi connectivity index (χ4n) is 3.76. The Balaban J connectivity index is 1.42. The monoisotopic (exact) mass is 340 g/mol. The van der Waals surface area contributed by atoms with Gasteiger partial charge in [-0.05, 0) is 30.0 Å². The van der Waals surface area contributed by atoms with Crippen LogP contribution in [0.3, 0.4) is 0 Å². The number of nitrogens with zero attached hydrogens (tertiary/aromatic N) is 3. The van der Waals surface area contributed by atoms with E-state index in [1.807, 2.05) is 16.9 Å². The zero-order valence-electron chi connectivity index (χ0n) is 14.3. The van der Waals surface area contributed by atoms with Crippen LogP contribution in [-0.4, -0.2) is 52.9 Å². The van der Waals surface area contributed by atoms with Crippen LogP contribution < -0.4 is 5.32 Å². The molecule has 0 saturated carbocycles. The van der Waals surface area contributed by atoms with Gasteiger partial charge in [0.2, 0.25) is 5.91 Å². The van der Waals surface area contributed by atoms with E-state index in [1.165, 1.54) is 11.1 Å². The third-order valence-corrected chi connectivity index (χ3v) is 5.00. The van der Waals surface area contributed by atoms with Crippen LogP contribution in [0.4, 0.5) is 0 Å². The zero-order valence-corrected chi connectivity index (χ0v) is 14.3. The molecule has 1 saturated heterocycles. The molecule has 1 amide bonds. The molecular weight excluding hydrogens is 316 g/mol. The minimum Gasteiger partial charge on any atom is -0.376 e. The molecule has 6 nitrogen and oxygen atoms in total. The average Bonchev–Trinajstić information content (AvgIpc) is 3.33. The number of rotatable bonds is 5. The number of carbonyl (C=O) groups excluding carboxylic acids is 1. The highest BCUT2D eigenvalue weighted by Crippen LogP contribution is 2.28. The molecule has 0 spiro atoms. The molecule has 3 heterocycles. The van der Waals surface area contributed by atoms with E-state index in [9.17, 15) is 4.79 Å². The predicted octanol–water partition coefficient (Wildman–Crippen LogP) is 1.58. The number of aromatic nitrogens is 2. The molecule has 1 aromatic heterocycles. The maximum Gasteiger partial charge on any atom is 0.234 e. The Kier molecular flexibility index (Phi) is 4.81. The third kappa shape index (κ3) is 3.75. The third-order valence-electron chi connectivity index (χ3n) is 5.00. The molecule has 0 radical (unpaired) electrons. The smallest absolute Gasteiger partial charge is 0.234 e. The van der Waals surface area contributed by atoms with Gasteiger partial charge in [-0.2, -0.15) is 5.10 Å². The van der Waals surface area contributed by atoms with Gasteiger partial charge in [0.1, 0.15) is 0 Å². The molecule has 132 valence electrons. The lowest BCUT2D eigenvalue weighted by Crippen LogP contribution is -2.44. The van der Waals surface area contributed by atoms with E-state index < -0.39 is 0 Å². The largest absolute Gasteiger partial charge is 0.376 e. The average molecular weight is 340 g/mol. The summed E-state index contributed by atoms with van der Waals surface area (Å²) in [6, 6.07) is 10.5. The van der Waals surface area contributed by atoms with Crippen LogP contribution in [0.1, 0.15) is 30.0 Å². The van der Waals surface area contributed by atoms with Crippen molar-refractivity contribution in [3.8, 4) is 0 Å². The highest BCUT2D eigenvalue weighted by molar-refractivity contribution is 5.78. The standard InChI is InChI=1S/C19H24N4O2/c24-19(20-11-16-6-3-10-25-16)14-22-12-15-5-1-2-7-17(15)18(13-22)23-9-4-8-21-23/h1-2,4-5,7-9,16,18H,3,6,10-14H2,(H,20,24)/t16-,18-/m0/s1. The number of fused-ring (bicyclic) bond motifs is 1. The van der Waals surface area contributed by atoms with Gasteiger partial charge >= 0.3 is 0 Å². The maximum atomic E-state index is 12.3. The van der Waals surface area contributed by atoms with Crippen molar-refractivity contribution < 1.29 is 9.53 Å². The summed E-state index contributed by atoms with van der Waals surface area (Å²) in [5, 5.41) is 7.43. The summed E-state index contributed by atoms with van der Waals surface area (Å²) in [6.45, 7) is 3.41. The molecule has 2 aromatic rings. The number of benzene rings is 1. The van der Waals surface area contributed by atoms with E-state index in [0.717, 1.165) is 32.5 Å². The predicted molar refractivity (Wildman–Crippen MR) is 94.1 cm³/mol. The molecule has 0 unspecified atom stereocenters. The van der Waals surface area contributed by atoms with Gasteiger partial charge in [-0.15, -0.1) is 0 Å². The van der Waals surface area contributed by atoms with Crippen LogP contribution in [0.2, 0.25) is 0 Å². The molecule has 1 aromatic carbocycles. The molecule has 1 fully saturated rings. The van der Waals surface area contributed by atoms with E-state index in [-0.39, 0.29) is 18.1 Å². The molecule has 2 aliphatic heterocycles. The number of ether oxygens (including phenoxy) is 1. The van der Waals surface area contributed by atoms with Crippen LogP contribution in [0.15, 0.2) is 42.7 Å².